The first-order valence-corrected chi connectivity index (χ1v) is 7.62. The first-order chi connectivity index (χ1) is 11.2. The first kappa shape index (κ1) is 16.8. The van der Waals surface area contributed by atoms with E-state index in [4.69, 9.17) is 11.6 Å². The summed E-state index contributed by atoms with van der Waals surface area (Å²) >= 11 is 5.65. The molecule has 3 nitrogen and oxygen atoms in total. The molecule has 128 valence electrons. The molecule has 24 heavy (non-hydrogen) atoms. The number of halogens is 5. The molecule has 1 aromatic carbocycles. The minimum absolute atomic E-state index is 0.0183. The predicted octanol–water partition coefficient (Wildman–Crippen LogP) is 4.58. The number of nitrogens with zero attached hydrogens (tertiary/aromatic N) is 1. The third-order valence-electron chi connectivity index (χ3n) is 4.12. The second-order valence-corrected chi connectivity index (χ2v) is 6.05. The molecule has 1 aliphatic rings. The van der Waals surface area contributed by atoms with Crippen LogP contribution in [-0.4, -0.2) is 10.5 Å². The molecule has 0 saturated heterocycles. The lowest BCUT2D eigenvalue weighted by molar-refractivity contribution is -0.143. The number of fused-ring (bicyclic) bond motifs is 1. The lowest BCUT2D eigenvalue weighted by Gasteiger charge is -2.13. The zero-order valence-electron chi connectivity index (χ0n) is 12.6. The highest BCUT2D eigenvalue weighted by atomic mass is 35.5. The van der Waals surface area contributed by atoms with Crippen molar-refractivity contribution in [3.63, 3.8) is 0 Å². The van der Waals surface area contributed by atoms with Crippen molar-refractivity contribution in [3.05, 3.63) is 51.6 Å². The zero-order chi connectivity index (χ0) is 17.6. The summed E-state index contributed by atoms with van der Waals surface area (Å²) in [5.41, 5.74) is 0.0308. The number of hydrogen-bond acceptors (Lipinski definition) is 1. The van der Waals surface area contributed by atoms with Crippen LogP contribution >= 0.6 is 11.6 Å². The fourth-order valence-electron chi connectivity index (χ4n) is 3.20. The van der Waals surface area contributed by atoms with Crippen molar-refractivity contribution in [2.24, 2.45) is 7.05 Å². The third kappa shape index (κ3) is 2.77. The van der Waals surface area contributed by atoms with Crippen molar-refractivity contribution in [2.45, 2.75) is 25.4 Å². The Bertz CT molecular complexity index is 826. The van der Waals surface area contributed by atoms with Gasteiger partial charge in [0.2, 0.25) is 0 Å². The molecule has 8 heteroatoms. The Morgan fingerprint density at radius 3 is 2.54 bits per heavy atom. The van der Waals surface area contributed by atoms with Gasteiger partial charge in [-0.3, -0.25) is 4.79 Å². The van der Waals surface area contributed by atoms with Crippen molar-refractivity contribution < 1.29 is 22.4 Å². The molecule has 1 N–H and O–H groups in total. The summed E-state index contributed by atoms with van der Waals surface area (Å²) in [6.45, 7) is 0. The Hall–Kier alpha value is -2.02. The van der Waals surface area contributed by atoms with E-state index in [1.54, 1.807) is 0 Å². The minimum Gasteiger partial charge on any atom is -0.336 e. The maximum absolute atomic E-state index is 13.3. The van der Waals surface area contributed by atoms with Gasteiger partial charge in [-0.15, -0.1) is 0 Å². The molecule has 3 rings (SSSR count). The molecule has 1 heterocycles. The van der Waals surface area contributed by atoms with E-state index in [-0.39, 0.29) is 22.0 Å². The highest BCUT2D eigenvalue weighted by molar-refractivity contribution is 6.31. The number of carbonyl (C=O) groups is 1. The molecule has 1 amide bonds. The number of rotatable bonds is 2. The van der Waals surface area contributed by atoms with E-state index < -0.39 is 23.6 Å². The summed E-state index contributed by atoms with van der Waals surface area (Å²) in [5.74, 6) is -1.32. The molecule has 0 fully saturated rings. The molecule has 0 radical (unpaired) electrons. The Morgan fingerprint density at radius 1 is 1.25 bits per heavy atom. The van der Waals surface area contributed by atoms with Crippen LogP contribution in [-0.2, 0) is 26.1 Å². The van der Waals surface area contributed by atoms with Gasteiger partial charge in [0.15, 0.2) is 0 Å². The van der Waals surface area contributed by atoms with E-state index in [1.807, 2.05) is 0 Å². The van der Waals surface area contributed by atoms with Crippen molar-refractivity contribution in [3.8, 4) is 0 Å². The van der Waals surface area contributed by atoms with Crippen molar-refractivity contribution in [2.75, 3.05) is 5.32 Å². The Kier molecular flexibility index (Phi) is 4.07. The van der Waals surface area contributed by atoms with Gasteiger partial charge >= 0.3 is 6.18 Å². The van der Waals surface area contributed by atoms with Gasteiger partial charge in [-0.1, -0.05) is 11.6 Å². The van der Waals surface area contributed by atoms with E-state index in [0.717, 1.165) is 10.6 Å². The van der Waals surface area contributed by atoms with Gasteiger partial charge in [-0.2, -0.15) is 13.2 Å². The lowest BCUT2D eigenvalue weighted by Crippen LogP contribution is -2.20. The highest BCUT2D eigenvalue weighted by Crippen LogP contribution is 2.40. The summed E-state index contributed by atoms with van der Waals surface area (Å²) in [7, 11) is 1.23. The maximum atomic E-state index is 13.3. The number of anilines is 1. The monoisotopic (exact) mass is 360 g/mol. The van der Waals surface area contributed by atoms with Crippen LogP contribution in [0.1, 0.15) is 33.7 Å². The number of aromatic nitrogens is 1. The average molecular weight is 361 g/mol. The average Bonchev–Trinajstić information content (AvgIpc) is 3.00. The van der Waals surface area contributed by atoms with E-state index in [1.165, 1.54) is 19.2 Å². The predicted molar refractivity (Wildman–Crippen MR) is 81.8 cm³/mol. The molecule has 0 atom stereocenters. The van der Waals surface area contributed by atoms with Crippen molar-refractivity contribution >= 4 is 23.2 Å². The third-order valence-corrected chi connectivity index (χ3v) is 4.41. The molecule has 0 unspecified atom stereocenters. The molecule has 0 aliphatic heterocycles. The van der Waals surface area contributed by atoms with Crippen molar-refractivity contribution in [1.82, 2.24) is 4.57 Å². The van der Waals surface area contributed by atoms with Crippen LogP contribution in [0.25, 0.3) is 0 Å². The van der Waals surface area contributed by atoms with E-state index in [9.17, 15) is 22.4 Å². The molecule has 0 spiro atoms. The molecule has 0 saturated carbocycles. The Balaban J connectivity index is 2.00. The molecule has 1 aromatic heterocycles. The summed E-state index contributed by atoms with van der Waals surface area (Å²) in [5, 5.41) is 2.30. The summed E-state index contributed by atoms with van der Waals surface area (Å²) < 4.78 is 53.9. The van der Waals surface area contributed by atoms with Gasteiger partial charge in [0, 0.05) is 12.7 Å². The van der Waals surface area contributed by atoms with E-state index in [2.05, 4.69) is 5.32 Å². The van der Waals surface area contributed by atoms with Gasteiger partial charge in [0.25, 0.3) is 5.91 Å². The zero-order valence-corrected chi connectivity index (χ0v) is 13.4. The fraction of sp³-hybridized carbons (Fsp3) is 0.312. The number of alkyl halides is 3. The fourth-order valence-corrected chi connectivity index (χ4v) is 3.38. The van der Waals surface area contributed by atoms with Gasteiger partial charge in [0.05, 0.1) is 5.02 Å². The van der Waals surface area contributed by atoms with Crippen LogP contribution in [0.15, 0.2) is 18.2 Å². The standard InChI is InChI=1S/C16H13ClF4N2O/c1-23-13(9-3-2-4-10(9)14(23)16(19,20)21)15(24)22-8-5-6-12(18)11(17)7-8/h5-7H,2-4H2,1H3,(H,22,24). The lowest BCUT2D eigenvalue weighted by atomic mass is 10.1. The van der Waals surface area contributed by atoms with Crippen LogP contribution in [0.4, 0.5) is 23.2 Å². The topological polar surface area (TPSA) is 34.0 Å². The van der Waals surface area contributed by atoms with Crippen LogP contribution in [0.3, 0.4) is 0 Å². The van der Waals surface area contributed by atoms with Crippen LogP contribution in [0.2, 0.25) is 5.02 Å². The van der Waals surface area contributed by atoms with Crippen LogP contribution < -0.4 is 5.32 Å². The van der Waals surface area contributed by atoms with Gasteiger partial charge in [-0.25, -0.2) is 4.39 Å². The number of nitrogens with one attached hydrogen (secondary N) is 1. The Morgan fingerprint density at radius 2 is 1.92 bits per heavy atom. The molecular weight excluding hydrogens is 348 g/mol. The number of hydrogen-bond donors (Lipinski definition) is 1. The largest absolute Gasteiger partial charge is 0.431 e. The first-order valence-electron chi connectivity index (χ1n) is 7.24. The molecule has 2 aromatic rings. The summed E-state index contributed by atoms with van der Waals surface area (Å²) in [6.07, 6.45) is -3.22. The van der Waals surface area contributed by atoms with Gasteiger partial charge < -0.3 is 9.88 Å². The smallest absolute Gasteiger partial charge is 0.336 e. The Labute approximate surface area is 140 Å². The number of carbonyl (C=O) groups excluding carboxylic acids is 1. The second-order valence-electron chi connectivity index (χ2n) is 5.65. The summed E-state index contributed by atoms with van der Waals surface area (Å²) in [4.78, 5) is 12.5. The van der Waals surface area contributed by atoms with Gasteiger partial charge in [0.1, 0.15) is 17.2 Å². The van der Waals surface area contributed by atoms with E-state index >= 15 is 0 Å². The number of benzene rings is 1. The van der Waals surface area contributed by atoms with Crippen LogP contribution in [0, 0.1) is 5.82 Å². The van der Waals surface area contributed by atoms with Crippen LogP contribution in [0.5, 0.6) is 0 Å². The normalized spacial score (nSPS) is 13.9. The molecule has 0 bridgehead atoms. The minimum atomic E-state index is -4.53. The maximum Gasteiger partial charge on any atom is 0.431 e. The highest BCUT2D eigenvalue weighted by Gasteiger charge is 2.42. The number of amides is 1. The quantitative estimate of drug-likeness (QED) is 0.782. The summed E-state index contributed by atoms with van der Waals surface area (Å²) in [6, 6.07) is 3.59. The second kappa shape index (κ2) is 5.81. The van der Waals surface area contributed by atoms with Crippen molar-refractivity contribution in [1.29, 1.82) is 0 Å². The SMILES string of the molecule is Cn1c(C(=O)Nc2ccc(F)c(Cl)c2)c2c(c1C(F)(F)F)CCC2. The van der Waals surface area contributed by atoms with Gasteiger partial charge in [-0.05, 0) is 48.6 Å². The molecular formula is C16H13ClF4N2O. The van der Waals surface area contributed by atoms with E-state index in [0.29, 0.717) is 24.8 Å². The molecule has 1 aliphatic carbocycles.